The van der Waals surface area contributed by atoms with Gasteiger partial charge in [0, 0.05) is 40.3 Å². The van der Waals surface area contributed by atoms with Crippen LogP contribution in [0.3, 0.4) is 0 Å². The molecular formula is C30H39ClN6O5S. The van der Waals surface area contributed by atoms with Gasteiger partial charge in [-0.3, -0.25) is 4.98 Å². The van der Waals surface area contributed by atoms with Crippen molar-refractivity contribution in [3.63, 3.8) is 0 Å². The summed E-state index contributed by atoms with van der Waals surface area (Å²) in [6, 6.07) is 7.92. The number of hydrogen-bond donors (Lipinski definition) is 2. The Balaban J connectivity index is 1.46. The first-order valence-corrected chi connectivity index (χ1v) is 15.3. The minimum Gasteiger partial charge on any atom is -0.461 e. The lowest BCUT2D eigenvalue weighted by Gasteiger charge is -2.24. The Bertz CT molecular complexity index is 1430. The summed E-state index contributed by atoms with van der Waals surface area (Å²) in [6.45, 7) is 13.1. The van der Waals surface area contributed by atoms with Gasteiger partial charge < -0.3 is 30.3 Å². The number of pyridine rings is 1. The zero-order chi connectivity index (χ0) is 31.4. The highest BCUT2D eigenvalue weighted by molar-refractivity contribution is 7.13. The average molecular weight is 631 g/mol. The Morgan fingerprint density at radius 2 is 2.07 bits per heavy atom. The van der Waals surface area contributed by atoms with Crippen LogP contribution in [0.5, 0.6) is 0 Å². The van der Waals surface area contributed by atoms with E-state index in [1.54, 1.807) is 11.6 Å². The molecule has 3 aromatic rings. The molecule has 11 nitrogen and oxygen atoms in total. The molecule has 3 rings (SSSR count). The number of rotatable bonds is 17. The van der Waals surface area contributed by atoms with Gasteiger partial charge in [0.1, 0.15) is 18.9 Å². The maximum absolute atomic E-state index is 12.8. The Kier molecular flexibility index (Phi) is 12.7. The van der Waals surface area contributed by atoms with E-state index in [0.29, 0.717) is 11.6 Å². The van der Waals surface area contributed by atoms with E-state index in [1.165, 1.54) is 19.9 Å². The standard InChI is InChI=1S/C30H39ClN6O5S/c1-6-16-40-27(38)26(25-19-43-29(32)35-25)36-42-30(4,5)28(39)41-17-15-37(7-2)14-8-9-20(3)34-23-12-13-33-24-18-21(31)10-11-22(23)24/h6,10-13,18-20H,1,7-9,14-17H2,2-5H3,(H2,32,35)(H,33,34)/b36-26-. The molecule has 2 heterocycles. The van der Waals surface area contributed by atoms with Gasteiger partial charge >= 0.3 is 11.9 Å². The van der Waals surface area contributed by atoms with E-state index < -0.39 is 17.5 Å². The summed E-state index contributed by atoms with van der Waals surface area (Å²) in [5.74, 6) is -1.40. The van der Waals surface area contributed by atoms with Crippen molar-refractivity contribution >= 4 is 62.3 Å². The van der Waals surface area contributed by atoms with Crippen molar-refractivity contribution in [2.45, 2.75) is 52.2 Å². The largest absolute Gasteiger partial charge is 0.461 e. The SMILES string of the molecule is C=CCOC(=O)/C(=N\OC(C)(C)C(=O)OCCN(CC)CCCC(C)Nc1ccnc2cc(Cl)ccc12)c1csc(N)n1. The van der Waals surface area contributed by atoms with Gasteiger partial charge in [0.15, 0.2) is 5.13 Å². The fraction of sp³-hybridized carbons (Fsp3) is 0.433. The first-order chi connectivity index (χ1) is 20.5. The Morgan fingerprint density at radius 1 is 1.28 bits per heavy atom. The molecule has 0 fully saturated rings. The molecular weight excluding hydrogens is 592 g/mol. The Morgan fingerprint density at radius 3 is 2.77 bits per heavy atom. The number of ether oxygens (including phenoxy) is 2. The van der Waals surface area contributed by atoms with Crippen molar-refractivity contribution in [1.82, 2.24) is 14.9 Å². The molecule has 0 amide bonds. The highest BCUT2D eigenvalue weighted by Crippen LogP contribution is 2.25. The van der Waals surface area contributed by atoms with Gasteiger partial charge in [-0.15, -0.1) is 11.3 Å². The summed E-state index contributed by atoms with van der Waals surface area (Å²) >= 11 is 7.24. The third-order valence-electron chi connectivity index (χ3n) is 6.45. The maximum Gasteiger partial charge on any atom is 0.363 e. The Labute approximate surface area is 261 Å². The van der Waals surface area contributed by atoms with Crippen LogP contribution in [0.4, 0.5) is 10.8 Å². The zero-order valence-corrected chi connectivity index (χ0v) is 26.5. The zero-order valence-electron chi connectivity index (χ0n) is 25.0. The molecule has 0 aliphatic carbocycles. The van der Waals surface area contributed by atoms with Gasteiger partial charge in [0.2, 0.25) is 11.3 Å². The third kappa shape index (κ3) is 10.2. The molecule has 1 unspecified atom stereocenters. The van der Waals surface area contributed by atoms with Crippen LogP contribution in [0.15, 0.2) is 53.7 Å². The van der Waals surface area contributed by atoms with Gasteiger partial charge in [-0.05, 0) is 71.0 Å². The van der Waals surface area contributed by atoms with E-state index >= 15 is 0 Å². The molecule has 0 radical (unpaired) electrons. The molecule has 13 heteroatoms. The molecule has 3 N–H and O–H groups in total. The number of hydrogen-bond acceptors (Lipinski definition) is 12. The summed E-state index contributed by atoms with van der Waals surface area (Å²) in [6.07, 6.45) is 5.11. The first-order valence-electron chi connectivity index (χ1n) is 14.0. The normalized spacial score (nSPS) is 12.7. The number of fused-ring (bicyclic) bond motifs is 1. The second-order valence-corrected chi connectivity index (χ2v) is 11.6. The number of oxime groups is 1. The molecule has 0 aliphatic rings. The number of anilines is 2. The van der Waals surface area contributed by atoms with Crippen LogP contribution in [0.25, 0.3) is 10.9 Å². The van der Waals surface area contributed by atoms with Crippen LogP contribution in [-0.4, -0.2) is 77.0 Å². The summed E-state index contributed by atoms with van der Waals surface area (Å²) in [4.78, 5) is 41.4. The number of aromatic nitrogens is 2. The molecule has 1 atom stereocenters. The van der Waals surface area contributed by atoms with Crippen LogP contribution < -0.4 is 11.1 Å². The van der Waals surface area contributed by atoms with Gasteiger partial charge in [0.05, 0.1) is 5.52 Å². The fourth-order valence-electron chi connectivity index (χ4n) is 4.06. The minimum absolute atomic E-state index is 0.0239. The number of esters is 2. The van der Waals surface area contributed by atoms with Crippen molar-refractivity contribution in [1.29, 1.82) is 0 Å². The van der Waals surface area contributed by atoms with Gasteiger partial charge in [-0.2, -0.15) is 0 Å². The molecule has 43 heavy (non-hydrogen) atoms. The number of nitrogen functional groups attached to an aromatic ring is 1. The van der Waals surface area contributed by atoms with E-state index in [9.17, 15) is 9.59 Å². The monoisotopic (exact) mass is 630 g/mol. The highest BCUT2D eigenvalue weighted by Gasteiger charge is 2.33. The van der Waals surface area contributed by atoms with E-state index in [2.05, 4.69) is 45.8 Å². The molecule has 0 aliphatic heterocycles. The minimum atomic E-state index is -1.47. The van der Waals surface area contributed by atoms with Crippen LogP contribution in [-0.2, 0) is 23.9 Å². The number of likely N-dealkylation sites (N-methyl/N-ethyl adjacent to an activating group) is 1. The number of nitrogens with zero attached hydrogens (tertiary/aromatic N) is 4. The number of carbonyl (C=O) groups is 2. The smallest absolute Gasteiger partial charge is 0.363 e. The van der Waals surface area contributed by atoms with Gasteiger partial charge in [0.25, 0.3) is 0 Å². The summed E-state index contributed by atoms with van der Waals surface area (Å²) in [5, 5.41) is 11.0. The van der Waals surface area contributed by atoms with Gasteiger partial charge in [-0.1, -0.05) is 36.3 Å². The van der Waals surface area contributed by atoms with Crippen molar-refractivity contribution in [2.24, 2.45) is 5.16 Å². The van der Waals surface area contributed by atoms with E-state index in [1.807, 2.05) is 24.3 Å². The molecule has 0 saturated heterocycles. The fourth-order valence-corrected chi connectivity index (χ4v) is 4.77. The van der Waals surface area contributed by atoms with Crippen LogP contribution in [0, 0.1) is 0 Å². The lowest BCUT2D eigenvalue weighted by molar-refractivity contribution is -0.168. The second-order valence-electron chi connectivity index (χ2n) is 10.3. The van der Waals surface area contributed by atoms with Crippen molar-refractivity contribution in [3.8, 4) is 0 Å². The molecule has 0 bridgehead atoms. The lowest BCUT2D eigenvalue weighted by Crippen LogP contribution is -2.38. The number of nitrogens with two attached hydrogens (primary N) is 1. The summed E-state index contributed by atoms with van der Waals surface area (Å²) < 4.78 is 10.6. The van der Waals surface area contributed by atoms with Crippen molar-refractivity contribution in [2.75, 3.05) is 43.9 Å². The number of benzene rings is 1. The topological polar surface area (TPSA) is 141 Å². The van der Waals surface area contributed by atoms with Crippen molar-refractivity contribution in [3.05, 3.63) is 59.2 Å². The predicted molar refractivity (Wildman–Crippen MR) is 172 cm³/mol. The summed E-state index contributed by atoms with van der Waals surface area (Å²) in [7, 11) is 0. The van der Waals surface area contributed by atoms with E-state index in [-0.39, 0.29) is 35.8 Å². The first kappa shape index (κ1) is 33.8. The molecule has 0 spiro atoms. The quantitative estimate of drug-likeness (QED) is 0.0873. The lowest BCUT2D eigenvalue weighted by atomic mass is 10.1. The van der Waals surface area contributed by atoms with Crippen molar-refractivity contribution < 1.29 is 23.9 Å². The van der Waals surface area contributed by atoms with E-state index in [0.717, 1.165) is 53.9 Å². The Hall–Kier alpha value is -3.74. The molecule has 232 valence electrons. The van der Waals surface area contributed by atoms with Gasteiger partial charge in [-0.25, -0.2) is 14.6 Å². The summed E-state index contributed by atoms with van der Waals surface area (Å²) in [5.41, 5.74) is 6.08. The average Bonchev–Trinajstić information content (AvgIpc) is 3.40. The molecule has 0 saturated carbocycles. The number of nitrogens with one attached hydrogen (secondary N) is 1. The van der Waals surface area contributed by atoms with E-state index in [4.69, 9.17) is 31.6 Å². The number of halogens is 1. The third-order valence-corrected chi connectivity index (χ3v) is 7.36. The predicted octanol–water partition coefficient (Wildman–Crippen LogP) is 5.30. The second kappa shape index (κ2) is 16.2. The van der Waals surface area contributed by atoms with Crippen LogP contribution >= 0.6 is 22.9 Å². The molecule has 1 aromatic carbocycles. The number of carbonyl (C=O) groups excluding carboxylic acids is 2. The highest BCUT2D eigenvalue weighted by atomic mass is 35.5. The van der Waals surface area contributed by atoms with Crippen LogP contribution in [0.1, 0.15) is 46.2 Å². The van der Waals surface area contributed by atoms with Crippen LogP contribution in [0.2, 0.25) is 5.02 Å². The molecule has 2 aromatic heterocycles. The maximum atomic E-state index is 12.8. The number of thiazole rings is 1.